The minimum Gasteiger partial charge on any atom is -0.490 e. The molecule has 1 fully saturated rings. The number of nitrogens with zero attached hydrogens (tertiary/aromatic N) is 2. The molecule has 0 saturated carbocycles. The highest BCUT2D eigenvalue weighted by Gasteiger charge is 2.31. The van der Waals surface area contributed by atoms with Crippen LogP contribution >= 0.6 is 24.0 Å². The number of carbonyl (C=O) groups excluding carboxylic acids is 1. The van der Waals surface area contributed by atoms with Crippen molar-refractivity contribution in [3.63, 3.8) is 0 Å². The Morgan fingerprint density at radius 1 is 1.24 bits per heavy atom. The Hall–Kier alpha value is -3.22. The number of rotatable bonds is 9. The van der Waals surface area contributed by atoms with Crippen LogP contribution in [-0.4, -0.2) is 41.6 Å². The predicted molar refractivity (Wildman–Crippen MR) is 129 cm³/mol. The summed E-state index contributed by atoms with van der Waals surface area (Å²) < 4.78 is 36.6. The van der Waals surface area contributed by atoms with Gasteiger partial charge in [-0.15, -0.1) is 6.58 Å². The Balaban J connectivity index is 1.94. The van der Waals surface area contributed by atoms with Crippen LogP contribution in [0.25, 0.3) is 6.08 Å². The standard InChI is InChI=1S/C21H18N2O7S3/c1-3-11-22-20(24)18(32-21(22)31)13-14-9-10-16(17(12-14)29-4-2)30-33(27,28)19-8-6-5-7-15(19)23(25)26/h3,5-10,12-13H,1,4,11H2,2H3. The largest absolute Gasteiger partial charge is 0.490 e. The first kappa shape index (κ1) is 24.4. The van der Waals surface area contributed by atoms with Crippen LogP contribution in [0.1, 0.15) is 12.5 Å². The van der Waals surface area contributed by atoms with Gasteiger partial charge in [-0.3, -0.25) is 19.8 Å². The van der Waals surface area contributed by atoms with Crippen molar-refractivity contribution in [2.45, 2.75) is 11.8 Å². The lowest BCUT2D eigenvalue weighted by Crippen LogP contribution is -2.27. The van der Waals surface area contributed by atoms with E-state index in [4.69, 9.17) is 21.1 Å². The van der Waals surface area contributed by atoms with Crippen LogP contribution in [0, 0.1) is 10.1 Å². The Kier molecular flexibility index (Phi) is 7.51. The second-order valence-electron chi connectivity index (χ2n) is 6.48. The van der Waals surface area contributed by atoms with E-state index in [9.17, 15) is 23.3 Å². The number of thioether (sulfide) groups is 1. The summed E-state index contributed by atoms with van der Waals surface area (Å²) in [5, 5.41) is 11.2. The average Bonchev–Trinajstić information content (AvgIpc) is 3.03. The second kappa shape index (κ2) is 10.1. The van der Waals surface area contributed by atoms with E-state index in [2.05, 4.69) is 6.58 Å². The molecule has 1 aliphatic heterocycles. The van der Waals surface area contributed by atoms with E-state index < -0.39 is 25.6 Å². The van der Waals surface area contributed by atoms with Gasteiger partial charge >= 0.3 is 10.1 Å². The van der Waals surface area contributed by atoms with Crippen molar-refractivity contribution in [3.05, 3.63) is 75.7 Å². The molecule has 3 rings (SSSR count). The van der Waals surface area contributed by atoms with Crippen molar-refractivity contribution >= 4 is 56.1 Å². The molecule has 1 saturated heterocycles. The maximum Gasteiger partial charge on any atom is 0.346 e. The molecule has 0 N–H and O–H groups in total. The summed E-state index contributed by atoms with van der Waals surface area (Å²) in [6.45, 7) is 5.81. The third-order valence-electron chi connectivity index (χ3n) is 4.28. The van der Waals surface area contributed by atoms with Crippen molar-refractivity contribution in [2.75, 3.05) is 13.2 Å². The van der Waals surface area contributed by atoms with Crippen LogP contribution in [-0.2, 0) is 14.9 Å². The van der Waals surface area contributed by atoms with E-state index in [-0.39, 0.29) is 24.0 Å². The van der Waals surface area contributed by atoms with E-state index in [1.54, 1.807) is 19.1 Å². The fourth-order valence-corrected chi connectivity index (χ4v) is 5.25. The van der Waals surface area contributed by atoms with Crippen LogP contribution in [0.2, 0.25) is 0 Å². The van der Waals surface area contributed by atoms with Gasteiger partial charge in [-0.2, -0.15) is 8.42 Å². The van der Waals surface area contributed by atoms with E-state index in [0.717, 1.165) is 23.9 Å². The summed E-state index contributed by atoms with van der Waals surface area (Å²) in [5.41, 5.74) is -0.0541. The summed E-state index contributed by atoms with van der Waals surface area (Å²) in [4.78, 5) is 24.2. The van der Waals surface area contributed by atoms with Crippen LogP contribution in [0.4, 0.5) is 5.69 Å². The van der Waals surface area contributed by atoms with Gasteiger partial charge in [-0.1, -0.05) is 48.3 Å². The molecule has 0 spiro atoms. The zero-order valence-electron chi connectivity index (χ0n) is 17.3. The Labute approximate surface area is 200 Å². The minimum absolute atomic E-state index is 0.0926. The molecule has 12 heteroatoms. The third-order valence-corrected chi connectivity index (χ3v) is 6.94. The second-order valence-corrected chi connectivity index (χ2v) is 9.67. The number of amides is 1. The summed E-state index contributed by atoms with van der Waals surface area (Å²) >= 11 is 6.36. The van der Waals surface area contributed by atoms with Crippen LogP contribution < -0.4 is 8.92 Å². The Morgan fingerprint density at radius 2 is 1.97 bits per heavy atom. The fraction of sp³-hybridized carbons (Fsp3) is 0.143. The summed E-state index contributed by atoms with van der Waals surface area (Å²) in [7, 11) is -4.52. The fourth-order valence-electron chi connectivity index (χ4n) is 2.87. The third kappa shape index (κ3) is 5.41. The number of para-hydroxylation sites is 1. The highest BCUT2D eigenvalue weighted by Crippen LogP contribution is 2.36. The maximum atomic E-state index is 12.8. The molecule has 172 valence electrons. The van der Waals surface area contributed by atoms with Gasteiger partial charge in [0, 0.05) is 12.6 Å². The van der Waals surface area contributed by atoms with Gasteiger partial charge in [0.15, 0.2) is 16.4 Å². The first-order valence-electron chi connectivity index (χ1n) is 9.49. The molecule has 33 heavy (non-hydrogen) atoms. The molecule has 0 aromatic heterocycles. The van der Waals surface area contributed by atoms with Crippen molar-refractivity contribution < 1.29 is 27.1 Å². The van der Waals surface area contributed by atoms with Crippen LogP contribution in [0.5, 0.6) is 11.5 Å². The van der Waals surface area contributed by atoms with Crippen LogP contribution in [0.15, 0.2) is 64.9 Å². The zero-order valence-corrected chi connectivity index (χ0v) is 19.7. The maximum absolute atomic E-state index is 12.8. The van der Waals surface area contributed by atoms with Gasteiger partial charge in [0.05, 0.1) is 16.4 Å². The summed E-state index contributed by atoms with van der Waals surface area (Å²) in [6, 6.07) is 9.28. The number of ether oxygens (including phenoxy) is 1. The SMILES string of the molecule is C=CCN1C(=O)C(=Cc2ccc(OS(=O)(=O)c3ccccc3[N+](=O)[O-])c(OCC)c2)SC1=S. The molecule has 2 aromatic rings. The van der Waals surface area contributed by atoms with E-state index in [0.29, 0.717) is 21.3 Å². The monoisotopic (exact) mass is 506 g/mol. The molecule has 2 aromatic carbocycles. The smallest absolute Gasteiger partial charge is 0.346 e. The van der Waals surface area contributed by atoms with Gasteiger partial charge in [0.25, 0.3) is 11.6 Å². The molecular weight excluding hydrogens is 488 g/mol. The molecule has 1 amide bonds. The summed E-state index contributed by atoms with van der Waals surface area (Å²) in [6.07, 6.45) is 3.18. The number of hydrogen-bond donors (Lipinski definition) is 0. The molecule has 0 aliphatic carbocycles. The summed E-state index contributed by atoms with van der Waals surface area (Å²) in [5.74, 6) is -0.316. The van der Waals surface area contributed by atoms with Crippen molar-refractivity contribution in [2.24, 2.45) is 0 Å². The first-order chi connectivity index (χ1) is 15.7. The van der Waals surface area contributed by atoms with E-state index in [1.807, 2.05) is 0 Å². The van der Waals surface area contributed by atoms with Gasteiger partial charge in [-0.25, -0.2) is 0 Å². The zero-order chi connectivity index (χ0) is 24.2. The molecular formula is C21H18N2O7S3. The van der Waals surface area contributed by atoms with Gasteiger partial charge < -0.3 is 8.92 Å². The first-order valence-corrected chi connectivity index (χ1v) is 12.1. The number of hydrogen-bond acceptors (Lipinski definition) is 9. The number of nitro benzene ring substituents is 1. The molecule has 1 heterocycles. The van der Waals surface area contributed by atoms with Gasteiger partial charge in [0.2, 0.25) is 0 Å². The number of nitro groups is 1. The molecule has 0 unspecified atom stereocenters. The Morgan fingerprint density at radius 3 is 2.64 bits per heavy atom. The lowest BCUT2D eigenvalue weighted by atomic mass is 10.2. The number of carbonyl (C=O) groups is 1. The topological polar surface area (TPSA) is 116 Å². The number of thiocarbonyl (C=S) groups is 1. The predicted octanol–water partition coefficient (Wildman–Crippen LogP) is 4.15. The van der Waals surface area contributed by atoms with Crippen LogP contribution in [0.3, 0.4) is 0 Å². The molecule has 0 atom stereocenters. The quantitative estimate of drug-likeness (QED) is 0.123. The lowest BCUT2D eigenvalue weighted by Gasteiger charge is -2.13. The van der Waals surface area contributed by atoms with Gasteiger partial charge in [0.1, 0.15) is 4.32 Å². The number of benzene rings is 2. The van der Waals surface area contributed by atoms with Crippen molar-refractivity contribution in [3.8, 4) is 11.5 Å². The molecule has 0 bridgehead atoms. The highest BCUT2D eigenvalue weighted by atomic mass is 32.2. The van der Waals surface area contributed by atoms with Crippen molar-refractivity contribution in [1.29, 1.82) is 0 Å². The Bertz CT molecular complexity index is 1270. The van der Waals surface area contributed by atoms with Crippen molar-refractivity contribution in [1.82, 2.24) is 4.90 Å². The lowest BCUT2D eigenvalue weighted by molar-refractivity contribution is -0.387. The molecule has 1 aliphatic rings. The molecule has 9 nitrogen and oxygen atoms in total. The molecule has 0 radical (unpaired) electrons. The highest BCUT2D eigenvalue weighted by molar-refractivity contribution is 8.26. The van der Waals surface area contributed by atoms with E-state index >= 15 is 0 Å². The van der Waals surface area contributed by atoms with E-state index in [1.165, 1.54) is 35.2 Å². The minimum atomic E-state index is -4.52. The normalized spacial score (nSPS) is 15.1. The average molecular weight is 507 g/mol. The van der Waals surface area contributed by atoms with Gasteiger partial charge in [-0.05, 0) is 36.8 Å².